The highest BCUT2D eigenvalue weighted by atomic mass is 31.2. The Kier molecular flexibility index (Phi) is 71.8. The van der Waals surface area contributed by atoms with Gasteiger partial charge in [-0.1, -0.05) is 382 Å². The van der Waals surface area contributed by atoms with E-state index in [1.807, 2.05) is 0 Å². The maximum Gasteiger partial charge on any atom is 0.472 e. The van der Waals surface area contributed by atoms with Crippen LogP contribution in [0.3, 0.4) is 0 Å². The summed E-state index contributed by atoms with van der Waals surface area (Å²) in [5.74, 6) is 0.186. The van der Waals surface area contributed by atoms with Crippen LogP contribution in [0.2, 0.25) is 0 Å². The molecule has 5 atom stereocenters. The maximum absolute atomic E-state index is 13.1. The molecule has 3 N–H and O–H groups in total. The zero-order valence-electron chi connectivity index (χ0n) is 67.1. The first-order chi connectivity index (χ1) is 49.2. The molecule has 0 aliphatic rings. The normalized spacial score (nSPS) is 13.9. The predicted octanol–water partition coefficient (Wildman–Crippen LogP) is 24.9. The molecule has 19 heteroatoms. The Balaban J connectivity index is 5.25. The zero-order valence-corrected chi connectivity index (χ0v) is 68.9. The fraction of sp³-hybridized carbons (Fsp3) is 0.952. The van der Waals surface area contributed by atoms with Gasteiger partial charge >= 0.3 is 39.5 Å². The van der Waals surface area contributed by atoms with Crippen molar-refractivity contribution in [2.75, 3.05) is 39.6 Å². The molecule has 102 heavy (non-hydrogen) atoms. The van der Waals surface area contributed by atoms with E-state index in [0.29, 0.717) is 25.7 Å². The first-order valence-corrected chi connectivity index (χ1v) is 45.8. The number of carbonyl (C=O) groups is 4. The second-order valence-electron chi connectivity index (χ2n) is 31.3. The second kappa shape index (κ2) is 73.2. The lowest BCUT2D eigenvalue weighted by Crippen LogP contribution is -2.30. The molecule has 606 valence electrons. The molecule has 0 aromatic carbocycles. The van der Waals surface area contributed by atoms with Crippen LogP contribution >= 0.6 is 15.6 Å². The van der Waals surface area contributed by atoms with Gasteiger partial charge in [0.25, 0.3) is 0 Å². The number of aliphatic hydroxyl groups excluding tert-OH is 1. The molecule has 0 rings (SSSR count). The predicted molar refractivity (Wildman–Crippen MR) is 418 cm³/mol. The van der Waals surface area contributed by atoms with Gasteiger partial charge in [-0.25, -0.2) is 9.13 Å². The first kappa shape index (κ1) is 100. The van der Waals surface area contributed by atoms with Crippen molar-refractivity contribution in [1.82, 2.24) is 0 Å². The Labute approximate surface area is 626 Å². The van der Waals surface area contributed by atoms with Gasteiger partial charge in [0.15, 0.2) is 12.2 Å². The van der Waals surface area contributed by atoms with Crippen LogP contribution < -0.4 is 0 Å². The third-order valence-electron chi connectivity index (χ3n) is 19.4. The lowest BCUT2D eigenvalue weighted by Gasteiger charge is -2.21. The van der Waals surface area contributed by atoms with Crippen LogP contribution in [-0.2, 0) is 65.4 Å². The van der Waals surface area contributed by atoms with Gasteiger partial charge in [-0.15, -0.1) is 0 Å². The minimum Gasteiger partial charge on any atom is -0.462 e. The molecule has 0 fully saturated rings. The van der Waals surface area contributed by atoms with Crippen molar-refractivity contribution in [2.24, 2.45) is 17.8 Å². The number of phosphoric ester groups is 2. The summed E-state index contributed by atoms with van der Waals surface area (Å²) in [5.41, 5.74) is 0. The summed E-state index contributed by atoms with van der Waals surface area (Å²) in [5, 5.41) is 10.7. The smallest absolute Gasteiger partial charge is 0.462 e. The number of ether oxygens (including phenoxy) is 4. The SMILES string of the molecule is CCCCCCCCCCCCCCCCCCCCCCC(=O)O[C@H](COC(=O)CCCCCCCCCCCCCCCCC(C)C)COP(=O)(O)OC[C@@H](O)COP(=O)(O)OC[C@@H](COC(=O)CCCCCCCCCCCC(C)C)OC(=O)CCCCCCCCCCCCC(C)C. The molecule has 0 radical (unpaired) electrons. The van der Waals surface area contributed by atoms with E-state index in [9.17, 15) is 43.2 Å². The van der Waals surface area contributed by atoms with E-state index in [4.69, 9.17) is 37.0 Å². The van der Waals surface area contributed by atoms with Crippen LogP contribution in [0.25, 0.3) is 0 Å². The van der Waals surface area contributed by atoms with Crippen LogP contribution in [0.4, 0.5) is 0 Å². The summed E-state index contributed by atoms with van der Waals surface area (Å²) in [4.78, 5) is 73.1. The van der Waals surface area contributed by atoms with Gasteiger partial charge < -0.3 is 33.8 Å². The average molecular weight is 1490 g/mol. The fourth-order valence-electron chi connectivity index (χ4n) is 12.8. The highest BCUT2D eigenvalue weighted by molar-refractivity contribution is 7.47. The molecule has 0 aromatic heterocycles. The van der Waals surface area contributed by atoms with Gasteiger partial charge in [-0.3, -0.25) is 37.3 Å². The van der Waals surface area contributed by atoms with Crippen molar-refractivity contribution in [3.8, 4) is 0 Å². The quantitative estimate of drug-likeness (QED) is 0.0222. The average Bonchev–Trinajstić information content (AvgIpc) is 0.912. The third-order valence-corrected chi connectivity index (χ3v) is 21.3. The second-order valence-corrected chi connectivity index (χ2v) is 34.2. The lowest BCUT2D eigenvalue weighted by molar-refractivity contribution is -0.161. The Morgan fingerprint density at radius 3 is 0.667 bits per heavy atom. The van der Waals surface area contributed by atoms with Crippen molar-refractivity contribution < 1.29 is 80.2 Å². The van der Waals surface area contributed by atoms with Gasteiger partial charge in [0, 0.05) is 25.7 Å². The monoisotopic (exact) mass is 1490 g/mol. The van der Waals surface area contributed by atoms with E-state index in [2.05, 4.69) is 48.5 Å². The standard InChI is InChI=1S/C83H162O17P2/c1-8-9-10-11-12-13-14-15-16-17-18-19-20-21-26-29-37-45-52-59-66-82(87)99-78(70-93-80(85)64-57-50-43-36-28-25-23-22-24-27-33-40-47-54-61-74(2)3)72-97-101(89,90)95-68-77(84)69-96-102(91,92)98-73-79(71-94-81(86)65-58-51-44-39-32-35-42-49-56-63-76(6)7)100-83(88)67-60-53-46-38-31-30-34-41-48-55-62-75(4)5/h74-79,84H,8-73H2,1-7H3,(H,89,90)(H,91,92)/t77-,78-,79-/m1/s1. The fourth-order valence-corrected chi connectivity index (χ4v) is 14.4. The van der Waals surface area contributed by atoms with Crippen LogP contribution in [0, 0.1) is 17.8 Å². The molecule has 0 amide bonds. The number of carbonyl (C=O) groups excluding carboxylic acids is 4. The lowest BCUT2D eigenvalue weighted by atomic mass is 10.0. The molecule has 0 aliphatic carbocycles. The topological polar surface area (TPSA) is 237 Å². The summed E-state index contributed by atoms with van der Waals surface area (Å²) in [6.07, 6.45) is 62.5. The van der Waals surface area contributed by atoms with Crippen molar-refractivity contribution in [3.05, 3.63) is 0 Å². The molecule has 0 aromatic rings. The van der Waals surface area contributed by atoms with Gasteiger partial charge in [-0.05, 0) is 43.4 Å². The summed E-state index contributed by atoms with van der Waals surface area (Å²) < 4.78 is 68.8. The third kappa shape index (κ3) is 76.3. The molecule has 0 aliphatic heterocycles. The number of phosphoric acid groups is 2. The molecular weight excluding hydrogens is 1330 g/mol. The van der Waals surface area contributed by atoms with E-state index >= 15 is 0 Å². The van der Waals surface area contributed by atoms with Gasteiger partial charge in [-0.2, -0.15) is 0 Å². The molecule has 0 spiro atoms. The Morgan fingerprint density at radius 2 is 0.451 bits per heavy atom. The highest BCUT2D eigenvalue weighted by Crippen LogP contribution is 2.45. The number of esters is 4. The van der Waals surface area contributed by atoms with Crippen molar-refractivity contribution >= 4 is 39.5 Å². The molecule has 2 unspecified atom stereocenters. The van der Waals surface area contributed by atoms with Gasteiger partial charge in [0.2, 0.25) is 0 Å². The van der Waals surface area contributed by atoms with Crippen LogP contribution in [-0.4, -0.2) is 96.7 Å². The van der Waals surface area contributed by atoms with Gasteiger partial charge in [0.1, 0.15) is 19.3 Å². The van der Waals surface area contributed by atoms with Crippen LogP contribution in [0.15, 0.2) is 0 Å². The van der Waals surface area contributed by atoms with E-state index < -0.39 is 97.5 Å². The molecule has 0 bridgehead atoms. The molecular formula is C83H162O17P2. The van der Waals surface area contributed by atoms with E-state index in [-0.39, 0.29) is 25.7 Å². The Bertz CT molecular complexity index is 1970. The van der Waals surface area contributed by atoms with Gasteiger partial charge in [0.05, 0.1) is 26.4 Å². The van der Waals surface area contributed by atoms with Crippen molar-refractivity contribution in [3.63, 3.8) is 0 Å². The Morgan fingerprint density at radius 1 is 0.265 bits per heavy atom. The summed E-state index contributed by atoms with van der Waals surface area (Å²) >= 11 is 0. The Hall–Kier alpha value is -1.94. The minimum atomic E-state index is -4.96. The minimum absolute atomic E-state index is 0.106. The summed E-state index contributed by atoms with van der Waals surface area (Å²) in [6.45, 7) is 11.9. The molecule has 0 saturated carbocycles. The first-order valence-electron chi connectivity index (χ1n) is 42.8. The summed E-state index contributed by atoms with van der Waals surface area (Å²) in [6, 6.07) is 0. The number of hydrogen-bond donors (Lipinski definition) is 3. The number of hydrogen-bond acceptors (Lipinski definition) is 15. The summed E-state index contributed by atoms with van der Waals surface area (Å²) in [7, 11) is -9.92. The number of rotatable bonds is 81. The number of aliphatic hydroxyl groups is 1. The van der Waals surface area contributed by atoms with Crippen molar-refractivity contribution in [1.29, 1.82) is 0 Å². The maximum atomic E-state index is 13.1. The molecule has 0 heterocycles. The van der Waals surface area contributed by atoms with Crippen LogP contribution in [0.1, 0.15) is 434 Å². The van der Waals surface area contributed by atoms with E-state index in [0.717, 1.165) is 108 Å². The highest BCUT2D eigenvalue weighted by Gasteiger charge is 2.30. The zero-order chi connectivity index (χ0) is 75.1. The van der Waals surface area contributed by atoms with E-state index in [1.165, 1.54) is 244 Å². The molecule has 17 nitrogen and oxygen atoms in total. The van der Waals surface area contributed by atoms with Crippen molar-refractivity contribution in [2.45, 2.75) is 452 Å². The van der Waals surface area contributed by atoms with E-state index in [1.54, 1.807) is 0 Å². The molecule has 0 saturated heterocycles. The largest absolute Gasteiger partial charge is 0.472 e. The number of unbranched alkanes of at least 4 members (excludes halogenated alkanes) is 49. The van der Waals surface area contributed by atoms with Crippen LogP contribution in [0.5, 0.6) is 0 Å².